The van der Waals surface area contributed by atoms with Gasteiger partial charge in [0, 0.05) is 24.7 Å². The Labute approximate surface area is 195 Å². The number of hydrogen-bond donors (Lipinski definition) is 2. The van der Waals surface area contributed by atoms with Gasteiger partial charge < -0.3 is 14.9 Å². The maximum Gasteiger partial charge on any atom is 0.276 e. The van der Waals surface area contributed by atoms with Crippen molar-refractivity contribution in [2.24, 2.45) is 5.92 Å². The van der Waals surface area contributed by atoms with Crippen LogP contribution in [0, 0.1) is 19.8 Å². The highest BCUT2D eigenvalue weighted by molar-refractivity contribution is 5.76. The molecule has 0 aliphatic rings. The molecule has 0 spiro atoms. The van der Waals surface area contributed by atoms with Crippen molar-refractivity contribution in [3.05, 3.63) is 52.2 Å². The number of aryl methyl sites for hydroxylation is 3. The Balaban J connectivity index is 1.81. The van der Waals surface area contributed by atoms with Crippen LogP contribution < -0.4 is 5.32 Å². The Bertz CT molecular complexity index is 1100. The predicted octanol–water partition coefficient (Wildman–Crippen LogP) is 4.22. The van der Waals surface area contributed by atoms with Crippen LogP contribution in [-0.4, -0.2) is 39.3 Å². The fraction of sp³-hybridized carbons (Fsp3) is 0.462. The maximum absolute atomic E-state index is 11.9. The number of hydrogen-bond acceptors (Lipinski definition) is 6. The normalized spacial score (nSPS) is 11.2. The van der Waals surface area contributed by atoms with E-state index in [9.17, 15) is 4.79 Å². The Morgan fingerprint density at radius 3 is 2.61 bits per heavy atom. The summed E-state index contributed by atoms with van der Waals surface area (Å²) >= 11 is 0. The topological polar surface area (TPSA) is 101 Å². The van der Waals surface area contributed by atoms with E-state index in [1.54, 1.807) is 0 Å². The van der Waals surface area contributed by atoms with E-state index in [2.05, 4.69) is 54.2 Å². The third-order valence-electron chi connectivity index (χ3n) is 5.73. The van der Waals surface area contributed by atoms with Gasteiger partial charge in [-0.2, -0.15) is 4.98 Å². The summed E-state index contributed by atoms with van der Waals surface area (Å²) in [5, 5.41) is 15.8. The lowest BCUT2D eigenvalue weighted by Gasteiger charge is -2.13. The number of nitrogens with zero attached hydrogens (tertiary/aromatic N) is 3. The minimum absolute atomic E-state index is 0.0520. The van der Waals surface area contributed by atoms with E-state index in [0.717, 1.165) is 24.0 Å². The number of aliphatic hydroxyl groups is 1. The zero-order valence-electron chi connectivity index (χ0n) is 20.2. The maximum atomic E-state index is 11.9. The molecule has 1 amide bonds. The van der Waals surface area contributed by atoms with E-state index in [0.29, 0.717) is 36.2 Å². The fourth-order valence-corrected chi connectivity index (χ4v) is 4.01. The van der Waals surface area contributed by atoms with Crippen LogP contribution in [-0.2, 0) is 24.1 Å². The van der Waals surface area contributed by atoms with E-state index in [1.165, 1.54) is 22.3 Å². The molecule has 1 aromatic carbocycles. The van der Waals surface area contributed by atoms with E-state index >= 15 is 0 Å². The first kappa shape index (κ1) is 24.6. The number of pyridine rings is 1. The number of nitrogens with one attached hydrogen (secondary N) is 1. The van der Waals surface area contributed by atoms with Crippen molar-refractivity contribution in [2.75, 3.05) is 13.2 Å². The number of amides is 1. The first-order chi connectivity index (χ1) is 15.8. The third-order valence-corrected chi connectivity index (χ3v) is 5.73. The third kappa shape index (κ3) is 6.26. The van der Waals surface area contributed by atoms with Crippen molar-refractivity contribution in [1.82, 2.24) is 20.4 Å². The van der Waals surface area contributed by atoms with Gasteiger partial charge in [0.15, 0.2) is 0 Å². The predicted molar refractivity (Wildman–Crippen MR) is 129 cm³/mol. The van der Waals surface area contributed by atoms with Gasteiger partial charge in [-0.1, -0.05) is 25.9 Å². The van der Waals surface area contributed by atoms with Crippen LogP contribution in [0.2, 0.25) is 0 Å². The average molecular weight is 451 g/mol. The number of carbonyl (C=O) groups excluding carboxylic acids is 1. The number of aliphatic hydroxyl groups excluding tert-OH is 1. The Hall–Kier alpha value is -3.06. The van der Waals surface area contributed by atoms with E-state index in [-0.39, 0.29) is 19.1 Å². The number of benzene rings is 1. The van der Waals surface area contributed by atoms with Crippen molar-refractivity contribution in [1.29, 1.82) is 0 Å². The second-order valence-electron chi connectivity index (χ2n) is 8.88. The van der Waals surface area contributed by atoms with Gasteiger partial charge in [-0.3, -0.25) is 9.78 Å². The summed E-state index contributed by atoms with van der Waals surface area (Å²) in [7, 11) is 0. The van der Waals surface area contributed by atoms with Crippen LogP contribution >= 0.6 is 0 Å². The molecule has 0 aliphatic heterocycles. The second-order valence-corrected chi connectivity index (χ2v) is 8.88. The molecular formula is C26H34N4O3. The monoisotopic (exact) mass is 450 g/mol. The highest BCUT2D eigenvalue weighted by atomic mass is 16.5. The summed E-state index contributed by atoms with van der Waals surface area (Å²) < 4.78 is 5.54. The fourth-order valence-electron chi connectivity index (χ4n) is 4.01. The Kier molecular flexibility index (Phi) is 8.33. The van der Waals surface area contributed by atoms with Crippen molar-refractivity contribution < 1.29 is 14.4 Å². The molecule has 2 heterocycles. The first-order valence-corrected chi connectivity index (χ1v) is 11.6. The molecular weight excluding hydrogens is 416 g/mol. The van der Waals surface area contributed by atoms with E-state index in [4.69, 9.17) is 9.63 Å². The van der Waals surface area contributed by atoms with Crippen LogP contribution in [0.25, 0.3) is 23.0 Å². The Morgan fingerprint density at radius 1 is 1.15 bits per heavy atom. The van der Waals surface area contributed by atoms with Crippen LogP contribution in [0.5, 0.6) is 0 Å². The van der Waals surface area contributed by atoms with Gasteiger partial charge in [0.05, 0.1) is 6.61 Å². The molecule has 0 bridgehead atoms. The summed E-state index contributed by atoms with van der Waals surface area (Å²) in [6.07, 6.45) is 4.76. The minimum atomic E-state index is -0.0559. The highest BCUT2D eigenvalue weighted by Crippen LogP contribution is 2.27. The van der Waals surface area contributed by atoms with Gasteiger partial charge in [-0.05, 0) is 85.0 Å². The van der Waals surface area contributed by atoms with Gasteiger partial charge in [0.25, 0.3) is 5.89 Å². The molecule has 0 unspecified atom stereocenters. The van der Waals surface area contributed by atoms with Crippen LogP contribution in [0.4, 0.5) is 0 Å². The second kappa shape index (κ2) is 11.2. The molecule has 0 saturated carbocycles. The van der Waals surface area contributed by atoms with Crippen molar-refractivity contribution in [2.45, 2.75) is 60.3 Å². The van der Waals surface area contributed by atoms with Crippen LogP contribution in [0.3, 0.4) is 0 Å². The van der Waals surface area contributed by atoms with E-state index in [1.807, 2.05) is 25.3 Å². The summed E-state index contributed by atoms with van der Waals surface area (Å²) in [4.78, 5) is 21.1. The average Bonchev–Trinajstić information content (AvgIpc) is 3.27. The quantitative estimate of drug-likeness (QED) is 0.480. The zero-order valence-corrected chi connectivity index (χ0v) is 20.2. The molecule has 2 aromatic heterocycles. The molecule has 3 rings (SSSR count). The lowest BCUT2D eigenvalue weighted by atomic mass is 9.93. The number of aromatic nitrogens is 3. The number of carbonyl (C=O) groups is 1. The van der Waals surface area contributed by atoms with Crippen molar-refractivity contribution in [3.63, 3.8) is 0 Å². The molecule has 0 saturated heterocycles. The van der Waals surface area contributed by atoms with E-state index < -0.39 is 0 Å². The van der Waals surface area contributed by atoms with Gasteiger partial charge in [-0.15, -0.1) is 0 Å². The smallest absolute Gasteiger partial charge is 0.276 e. The zero-order chi connectivity index (χ0) is 24.0. The molecule has 0 fully saturated rings. The summed E-state index contributed by atoms with van der Waals surface area (Å²) in [5.41, 5.74) is 7.40. The molecule has 3 aromatic rings. The lowest BCUT2D eigenvalue weighted by molar-refractivity contribution is -0.121. The molecule has 0 aliphatic carbocycles. The number of rotatable bonds is 10. The van der Waals surface area contributed by atoms with Gasteiger partial charge in [-0.25, -0.2) is 0 Å². The first-order valence-electron chi connectivity index (χ1n) is 11.6. The summed E-state index contributed by atoms with van der Waals surface area (Å²) in [5.74, 6) is 1.45. The molecule has 176 valence electrons. The SMILES string of the molecule is CCc1cc(-c2noc(-c3cc(C)c(CC(C)C)cn3)n2)cc(C)c1CCC(=O)NCCO. The summed E-state index contributed by atoms with van der Waals surface area (Å²) in [6, 6.07) is 6.12. The minimum Gasteiger partial charge on any atom is -0.395 e. The molecule has 2 N–H and O–H groups in total. The Morgan fingerprint density at radius 2 is 1.94 bits per heavy atom. The molecule has 7 heteroatoms. The van der Waals surface area contributed by atoms with Crippen molar-refractivity contribution >= 4 is 5.91 Å². The molecule has 0 atom stereocenters. The largest absolute Gasteiger partial charge is 0.395 e. The van der Waals surface area contributed by atoms with Crippen LogP contribution in [0.15, 0.2) is 28.9 Å². The summed E-state index contributed by atoms with van der Waals surface area (Å²) in [6.45, 7) is 10.8. The standard InChI is InChI=1S/C26H34N4O3/c1-6-19-14-20(12-18(5)22(19)7-8-24(32)27-9-10-31)25-29-26(33-30-25)23-13-17(4)21(15-28-23)11-16(2)3/h12-16,31H,6-11H2,1-5H3,(H,27,32). The van der Waals surface area contributed by atoms with Gasteiger partial charge >= 0.3 is 0 Å². The molecule has 7 nitrogen and oxygen atoms in total. The van der Waals surface area contributed by atoms with Gasteiger partial charge in [0.1, 0.15) is 5.69 Å². The highest BCUT2D eigenvalue weighted by Gasteiger charge is 2.16. The van der Waals surface area contributed by atoms with Crippen LogP contribution in [0.1, 0.15) is 55.0 Å². The molecule has 33 heavy (non-hydrogen) atoms. The molecule has 0 radical (unpaired) electrons. The lowest BCUT2D eigenvalue weighted by Crippen LogP contribution is -2.26. The van der Waals surface area contributed by atoms with Gasteiger partial charge in [0.2, 0.25) is 11.7 Å². The van der Waals surface area contributed by atoms with Crippen molar-refractivity contribution in [3.8, 4) is 23.0 Å².